The smallest absolute Gasteiger partial charge is 0.342 e. The molecule has 1 heterocycles. The van der Waals surface area contributed by atoms with Gasteiger partial charge in [-0.05, 0) is 86.3 Å². The number of hydrogen-bond acceptors (Lipinski definition) is 3. The molecule has 0 aromatic heterocycles. The van der Waals surface area contributed by atoms with Gasteiger partial charge in [0.15, 0.2) is 0 Å². The Kier molecular flexibility index (Phi) is 9.93. The number of amides is 3. The number of aryl methyl sites for hydroxylation is 1. The van der Waals surface area contributed by atoms with Crippen LogP contribution in [-0.4, -0.2) is 35.8 Å². The van der Waals surface area contributed by atoms with Crippen molar-refractivity contribution in [1.29, 1.82) is 0 Å². The number of halogens is 7. The van der Waals surface area contributed by atoms with Crippen LogP contribution < -0.4 is 15.5 Å². The summed E-state index contributed by atoms with van der Waals surface area (Å²) in [5, 5.41) is 5.77. The summed E-state index contributed by atoms with van der Waals surface area (Å²) in [4.78, 5) is 42.1. The van der Waals surface area contributed by atoms with Gasteiger partial charge in [0.2, 0.25) is 11.8 Å². The van der Waals surface area contributed by atoms with Crippen LogP contribution in [0.25, 0.3) is 0 Å². The van der Waals surface area contributed by atoms with Gasteiger partial charge in [0, 0.05) is 33.2 Å². The van der Waals surface area contributed by atoms with Crippen LogP contribution in [0, 0.1) is 5.82 Å². The molecule has 3 amide bonds. The molecule has 0 bridgehead atoms. The van der Waals surface area contributed by atoms with E-state index in [1.54, 1.807) is 24.3 Å². The minimum Gasteiger partial charge on any atom is -0.342 e. The molecular formula is C30H26Cl3F4N3O3. The molecule has 228 valence electrons. The largest absolute Gasteiger partial charge is 0.417 e. The third-order valence-electron chi connectivity index (χ3n) is 7.00. The van der Waals surface area contributed by atoms with Crippen molar-refractivity contribution in [2.75, 3.05) is 4.90 Å². The van der Waals surface area contributed by atoms with Crippen molar-refractivity contribution in [3.8, 4) is 0 Å². The summed E-state index contributed by atoms with van der Waals surface area (Å²) in [6.07, 6.45) is -4.80. The highest BCUT2D eigenvalue weighted by atomic mass is 35.5. The molecule has 2 N–H and O–H groups in total. The zero-order valence-corrected chi connectivity index (χ0v) is 25.1. The summed E-state index contributed by atoms with van der Waals surface area (Å²) in [7, 11) is 0. The lowest BCUT2D eigenvalue weighted by Crippen LogP contribution is -2.55. The standard InChI is InChI=1S/C30H26Cl3F4N3O3/c1-15(2)40-26-11-7-17(31)12-16(26)6-10-24(29(40)43)38-28(42)25(14-20-22(32)4-3-5-23(20)33)39-27(41)19-9-8-18(34)13-21(19)30(35,36)37/h3-5,7-9,11-13,15,24-25H,6,10,14H2,1-2H3,(H,38,42)(H,39,41)/t24-,25-/m1/s1. The number of carbonyl (C=O) groups excluding carboxylic acids is 3. The van der Waals surface area contributed by atoms with E-state index in [1.807, 2.05) is 13.8 Å². The fourth-order valence-electron chi connectivity index (χ4n) is 4.96. The molecule has 0 saturated heterocycles. The van der Waals surface area contributed by atoms with Crippen molar-refractivity contribution < 1.29 is 31.9 Å². The van der Waals surface area contributed by atoms with Gasteiger partial charge in [-0.3, -0.25) is 14.4 Å². The van der Waals surface area contributed by atoms with Crippen LogP contribution in [0.15, 0.2) is 54.6 Å². The monoisotopic (exact) mass is 657 g/mol. The van der Waals surface area contributed by atoms with E-state index < -0.39 is 52.9 Å². The van der Waals surface area contributed by atoms with Gasteiger partial charge < -0.3 is 15.5 Å². The third kappa shape index (κ3) is 7.42. The van der Waals surface area contributed by atoms with E-state index in [2.05, 4.69) is 10.6 Å². The van der Waals surface area contributed by atoms with Crippen molar-refractivity contribution in [2.45, 2.75) is 57.4 Å². The number of nitrogens with zero attached hydrogens (tertiary/aromatic N) is 1. The maximum atomic E-state index is 13.7. The highest BCUT2D eigenvalue weighted by molar-refractivity contribution is 6.36. The van der Waals surface area contributed by atoms with E-state index in [0.717, 1.165) is 5.56 Å². The average molecular weight is 659 g/mol. The molecule has 2 atom stereocenters. The number of nitrogens with one attached hydrogen (secondary N) is 2. The number of benzene rings is 3. The fourth-order valence-corrected chi connectivity index (χ4v) is 5.71. The van der Waals surface area contributed by atoms with Crippen molar-refractivity contribution in [2.24, 2.45) is 0 Å². The highest BCUT2D eigenvalue weighted by Crippen LogP contribution is 2.34. The van der Waals surface area contributed by atoms with E-state index in [-0.39, 0.29) is 40.6 Å². The lowest BCUT2D eigenvalue weighted by atomic mass is 10.0. The van der Waals surface area contributed by atoms with Crippen LogP contribution in [0.5, 0.6) is 0 Å². The molecule has 0 unspecified atom stereocenters. The van der Waals surface area contributed by atoms with Crippen molar-refractivity contribution >= 4 is 58.2 Å². The molecule has 4 rings (SSSR count). The molecule has 43 heavy (non-hydrogen) atoms. The number of anilines is 1. The molecule has 0 radical (unpaired) electrons. The first kappa shape index (κ1) is 32.6. The Morgan fingerprint density at radius 2 is 1.70 bits per heavy atom. The van der Waals surface area contributed by atoms with Gasteiger partial charge in [-0.2, -0.15) is 13.2 Å². The van der Waals surface area contributed by atoms with E-state index in [0.29, 0.717) is 29.3 Å². The first-order valence-corrected chi connectivity index (χ1v) is 14.3. The fraction of sp³-hybridized carbons (Fsp3) is 0.300. The molecule has 0 saturated carbocycles. The lowest BCUT2D eigenvalue weighted by Gasteiger charge is -2.30. The van der Waals surface area contributed by atoms with Gasteiger partial charge in [0.25, 0.3) is 5.91 Å². The van der Waals surface area contributed by atoms with E-state index in [9.17, 15) is 31.9 Å². The van der Waals surface area contributed by atoms with Crippen LogP contribution in [0.1, 0.15) is 47.3 Å². The summed E-state index contributed by atoms with van der Waals surface area (Å²) in [6, 6.07) is 8.42. The molecule has 1 aliphatic heterocycles. The van der Waals surface area contributed by atoms with Crippen molar-refractivity contribution in [3.63, 3.8) is 0 Å². The average Bonchev–Trinajstić information content (AvgIpc) is 3.05. The number of carbonyl (C=O) groups is 3. The van der Waals surface area contributed by atoms with E-state index in [1.165, 1.54) is 17.0 Å². The summed E-state index contributed by atoms with van der Waals surface area (Å²) in [5.41, 5.74) is -0.706. The molecule has 1 aliphatic rings. The third-order valence-corrected chi connectivity index (χ3v) is 7.94. The van der Waals surface area contributed by atoms with Crippen LogP contribution in [-0.2, 0) is 28.6 Å². The summed E-state index contributed by atoms with van der Waals surface area (Å²) >= 11 is 18.8. The molecule has 0 spiro atoms. The molecule has 3 aromatic rings. The predicted molar refractivity (Wildman–Crippen MR) is 157 cm³/mol. The first-order valence-electron chi connectivity index (χ1n) is 13.2. The second kappa shape index (κ2) is 13.1. The van der Waals surface area contributed by atoms with Gasteiger partial charge in [-0.15, -0.1) is 0 Å². The van der Waals surface area contributed by atoms with Gasteiger partial charge in [0.1, 0.15) is 17.9 Å². The first-order chi connectivity index (χ1) is 20.2. The Morgan fingerprint density at radius 3 is 2.33 bits per heavy atom. The molecule has 13 heteroatoms. The summed E-state index contributed by atoms with van der Waals surface area (Å²) in [6.45, 7) is 3.62. The maximum absolute atomic E-state index is 13.7. The SMILES string of the molecule is CC(C)N1C(=O)[C@H](NC(=O)[C@@H](Cc2c(Cl)cccc2Cl)NC(=O)c2ccc(F)cc2C(F)(F)F)CCc2cc(Cl)ccc21. The van der Waals surface area contributed by atoms with Crippen LogP contribution in [0.4, 0.5) is 23.2 Å². The molecular weight excluding hydrogens is 633 g/mol. The Balaban J connectivity index is 1.67. The molecule has 0 fully saturated rings. The zero-order chi connectivity index (χ0) is 31.6. The van der Waals surface area contributed by atoms with Gasteiger partial charge in [-0.1, -0.05) is 40.9 Å². The predicted octanol–water partition coefficient (Wildman–Crippen LogP) is 7.02. The van der Waals surface area contributed by atoms with Crippen LogP contribution in [0.2, 0.25) is 15.1 Å². The number of fused-ring (bicyclic) bond motifs is 1. The Morgan fingerprint density at radius 1 is 1.02 bits per heavy atom. The number of alkyl halides is 3. The maximum Gasteiger partial charge on any atom is 0.417 e. The van der Waals surface area contributed by atoms with E-state index >= 15 is 0 Å². The van der Waals surface area contributed by atoms with Gasteiger partial charge in [-0.25, -0.2) is 4.39 Å². The lowest BCUT2D eigenvalue weighted by molar-refractivity contribution is -0.138. The van der Waals surface area contributed by atoms with Crippen molar-refractivity contribution in [3.05, 3.63) is 97.7 Å². The summed E-state index contributed by atoms with van der Waals surface area (Å²) < 4.78 is 54.6. The molecule has 6 nitrogen and oxygen atoms in total. The van der Waals surface area contributed by atoms with Gasteiger partial charge in [0.05, 0.1) is 11.1 Å². The second-order valence-corrected chi connectivity index (χ2v) is 11.5. The highest BCUT2D eigenvalue weighted by Gasteiger charge is 2.38. The zero-order valence-electron chi connectivity index (χ0n) is 22.9. The van der Waals surface area contributed by atoms with Crippen molar-refractivity contribution in [1.82, 2.24) is 10.6 Å². The molecule has 0 aliphatic carbocycles. The quantitative estimate of drug-likeness (QED) is 0.268. The Hall–Kier alpha value is -3.34. The van der Waals surface area contributed by atoms with E-state index in [4.69, 9.17) is 34.8 Å². The Bertz CT molecular complexity index is 1550. The normalized spacial score (nSPS) is 16.0. The number of rotatable bonds is 7. The molecule has 3 aromatic carbocycles. The Labute approximate surface area is 260 Å². The minimum atomic E-state index is -5.05. The van der Waals surface area contributed by atoms with Crippen LogP contribution in [0.3, 0.4) is 0 Å². The summed E-state index contributed by atoms with van der Waals surface area (Å²) in [5.74, 6) is -3.74. The van der Waals surface area contributed by atoms with Crippen LogP contribution >= 0.6 is 34.8 Å². The minimum absolute atomic E-state index is 0.154. The number of hydrogen-bond donors (Lipinski definition) is 2. The second-order valence-electron chi connectivity index (χ2n) is 10.3. The topological polar surface area (TPSA) is 78.5 Å². The van der Waals surface area contributed by atoms with Gasteiger partial charge >= 0.3 is 6.18 Å².